The first kappa shape index (κ1) is 14.5. The number of ether oxygens (including phenoxy) is 1. The Balaban J connectivity index is 1.76. The zero-order chi connectivity index (χ0) is 14.0. The number of hydrogen-bond acceptors (Lipinski definition) is 4. The Bertz CT molecular complexity index is 486. The molecule has 1 heterocycles. The van der Waals surface area contributed by atoms with Crippen LogP contribution in [0.15, 0.2) is 48.8 Å². The van der Waals surface area contributed by atoms with E-state index in [9.17, 15) is 0 Å². The number of rotatable bonds is 8. The second-order valence-electron chi connectivity index (χ2n) is 4.54. The van der Waals surface area contributed by atoms with Gasteiger partial charge in [0.15, 0.2) is 0 Å². The van der Waals surface area contributed by atoms with E-state index < -0.39 is 0 Å². The molecule has 1 aromatic carbocycles. The van der Waals surface area contributed by atoms with Gasteiger partial charge in [0.2, 0.25) is 0 Å². The standard InChI is InChI=1S/C16H20N2O2/c19-11-1-8-18-12-14-2-4-16(5-3-14)20-13-15-6-9-17-10-7-15/h2-7,9-10,18-19H,1,8,11-13H2. The van der Waals surface area contributed by atoms with E-state index in [0.29, 0.717) is 6.61 Å². The van der Waals surface area contributed by atoms with Gasteiger partial charge in [0.05, 0.1) is 0 Å². The summed E-state index contributed by atoms with van der Waals surface area (Å²) in [4.78, 5) is 3.98. The molecule has 0 fully saturated rings. The highest BCUT2D eigenvalue weighted by Gasteiger charge is 1.97. The first-order chi connectivity index (χ1) is 9.88. The molecule has 0 unspecified atom stereocenters. The lowest BCUT2D eigenvalue weighted by Gasteiger charge is -2.08. The number of aliphatic hydroxyl groups excluding tert-OH is 1. The molecule has 0 saturated carbocycles. The molecule has 2 rings (SSSR count). The van der Waals surface area contributed by atoms with Crippen molar-refractivity contribution in [2.24, 2.45) is 0 Å². The summed E-state index contributed by atoms with van der Waals surface area (Å²) < 4.78 is 5.71. The predicted octanol–water partition coefficient (Wildman–Crippen LogP) is 2.13. The zero-order valence-corrected chi connectivity index (χ0v) is 11.5. The van der Waals surface area contributed by atoms with E-state index in [2.05, 4.69) is 10.3 Å². The fourth-order valence-electron chi connectivity index (χ4n) is 1.79. The molecule has 0 aliphatic rings. The number of aromatic nitrogens is 1. The van der Waals surface area contributed by atoms with Gasteiger partial charge in [-0.2, -0.15) is 0 Å². The summed E-state index contributed by atoms with van der Waals surface area (Å²) >= 11 is 0. The van der Waals surface area contributed by atoms with Crippen molar-refractivity contribution in [2.75, 3.05) is 13.2 Å². The van der Waals surface area contributed by atoms with Gasteiger partial charge >= 0.3 is 0 Å². The number of aliphatic hydroxyl groups is 1. The normalized spacial score (nSPS) is 10.4. The van der Waals surface area contributed by atoms with Crippen LogP contribution in [0.4, 0.5) is 0 Å². The molecule has 1 aromatic heterocycles. The Hall–Kier alpha value is -1.91. The van der Waals surface area contributed by atoms with Crippen molar-refractivity contribution < 1.29 is 9.84 Å². The van der Waals surface area contributed by atoms with Gasteiger partial charge in [-0.05, 0) is 48.4 Å². The van der Waals surface area contributed by atoms with Gasteiger partial charge in [-0.25, -0.2) is 0 Å². The molecule has 0 spiro atoms. The summed E-state index contributed by atoms with van der Waals surface area (Å²) in [5.41, 5.74) is 2.31. The third-order valence-corrected chi connectivity index (χ3v) is 2.92. The maximum Gasteiger partial charge on any atom is 0.119 e. The molecule has 2 N–H and O–H groups in total. The zero-order valence-electron chi connectivity index (χ0n) is 11.5. The van der Waals surface area contributed by atoms with Crippen molar-refractivity contribution in [3.8, 4) is 5.75 Å². The number of hydrogen-bond donors (Lipinski definition) is 2. The van der Waals surface area contributed by atoms with Crippen LogP contribution in [-0.2, 0) is 13.2 Å². The summed E-state index contributed by atoms with van der Waals surface area (Å²) in [5, 5.41) is 12.0. The maximum absolute atomic E-state index is 8.69. The molecule has 4 heteroatoms. The molecular weight excluding hydrogens is 252 g/mol. The smallest absolute Gasteiger partial charge is 0.119 e. The highest BCUT2D eigenvalue weighted by Crippen LogP contribution is 2.14. The average Bonchev–Trinajstić information content (AvgIpc) is 2.52. The molecule has 4 nitrogen and oxygen atoms in total. The lowest BCUT2D eigenvalue weighted by atomic mass is 10.2. The van der Waals surface area contributed by atoms with Crippen LogP contribution in [0.1, 0.15) is 17.5 Å². The van der Waals surface area contributed by atoms with Crippen molar-refractivity contribution in [1.29, 1.82) is 0 Å². The minimum absolute atomic E-state index is 0.231. The highest BCUT2D eigenvalue weighted by atomic mass is 16.5. The van der Waals surface area contributed by atoms with Crippen LogP contribution >= 0.6 is 0 Å². The fraction of sp³-hybridized carbons (Fsp3) is 0.312. The van der Waals surface area contributed by atoms with Gasteiger partial charge < -0.3 is 15.2 Å². The van der Waals surface area contributed by atoms with Crippen molar-refractivity contribution in [1.82, 2.24) is 10.3 Å². The van der Waals surface area contributed by atoms with Crippen molar-refractivity contribution in [3.63, 3.8) is 0 Å². The summed E-state index contributed by atoms with van der Waals surface area (Å²) in [6.07, 6.45) is 4.31. The van der Waals surface area contributed by atoms with Gasteiger partial charge in [-0.1, -0.05) is 12.1 Å². The molecule has 106 valence electrons. The Kier molecular flexibility index (Phi) is 6.02. The molecule has 0 amide bonds. The van der Waals surface area contributed by atoms with E-state index in [1.807, 2.05) is 36.4 Å². The predicted molar refractivity (Wildman–Crippen MR) is 78.4 cm³/mol. The minimum atomic E-state index is 0.231. The van der Waals surface area contributed by atoms with E-state index in [0.717, 1.165) is 30.8 Å². The van der Waals surface area contributed by atoms with Crippen LogP contribution in [-0.4, -0.2) is 23.2 Å². The number of pyridine rings is 1. The molecule has 0 atom stereocenters. The van der Waals surface area contributed by atoms with Crippen LogP contribution in [0.2, 0.25) is 0 Å². The van der Waals surface area contributed by atoms with Crippen LogP contribution in [0.5, 0.6) is 5.75 Å². The van der Waals surface area contributed by atoms with E-state index in [1.54, 1.807) is 12.4 Å². The lowest BCUT2D eigenvalue weighted by Crippen LogP contribution is -2.15. The Morgan fingerprint density at radius 1 is 1.00 bits per heavy atom. The summed E-state index contributed by atoms with van der Waals surface area (Å²) in [7, 11) is 0. The number of nitrogens with zero attached hydrogens (tertiary/aromatic N) is 1. The quantitative estimate of drug-likeness (QED) is 0.723. The van der Waals surface area contributed by atoms with Crippen molar-refractivity contribution in [3.05, 3.63) is 59.9 Å². The molecule has 0 saturated heterocycles. The molecule has 2 aromatic rings. The van der Waals surface area contributed by atoms with E-state index in [-0.39, 0.29) is 6.61 Å². The highest BCUT2D eigenvalue weighted by molar-refractivity contribution is 5.27. The second kappa shape index (κ2) is 8.30. The van der Waals surface area contributed by atoms with Crippen LogP contribution in [0.3, 0.4) is 0 Å². The monoisotopic (exact) mass is 272 g/mol. The van der Waals surface area contributed by atoms with E-state index in [1.165, 1.54) is 5.56 Å². The summed E-state index contributed by atoms with van der Waals surface area (Å²) in [5.74, 6) is 0.862. The summed E-state index contributed by atoms with van der Waals surface area (Å²) in [6, 6.07) is 11.9. The van der Waals surface area contributed by atoms with E-state index in [4.69, 9.17) is 9.84 Å². The van der Waals surface area contributed by atoms with Crippen molar-refractivity contribution in [2.45, 2.75) is 19.6 Å². The van der Waals surface area contributed by atoms with Gasteiger partial charge in [0, 0.05) is 25.5 Å². The molecule has 0 aliphatic carbocycles. The van der Waals surface area contributed by atoms with E-state index >= 15 is 0 Å². The second-order valence-corrected chi connectivity index (χ2v) is 4.54. The Morgan fingerprint density at radius 2 is 1.75 bits per heavy atom. The van der Waals surface area contributed by atoms with Crippen molar-refractivity contribution >= 4 is 0 Å². The number of nitrogens with one attached hydrogen (secondary N) is 1. The topological polar surface area (TPSA) is 54.4 Å². The van der Waals surface area contributed by atoms with Crippen LogP contribution in [0.25, 0.3) is 0 Å². The lowest BCUT2D eigenvalue weighted by molar-refractivity contribution is 0.286. The largest absolute Gasteiger partial charge is 0.489 e. The summed E-state index contributed by atoms with van der Waals surface area (Å²) in [6.45, 7) is 2.42. The van der Waals surface area contributed by atoms with Crippen LogP contribution < -0.4 is 10.1 Å². The molecule has 0 bridgehead atoms. The third kappa shape index (κ3) is 4.99. The van der Waals surface area contributed by atoms with Crippen LogP contribution in [0, 0.1) is 0 Å². The average molecular weight is 272 g/mol. The SMILES string of the molecule is OCCCNCc1ccc(OCc2ccncc2)cc1. The maximum atomic E-state index is 8.69. The first-order valence-electron chi connectivity index (χ1n) is 6.81. The molecular formula is C16H20N2O2. The van der Waals surface area contributed by atoms with Gasteiger partial charge in [0.1, 0.15) is 12.4 Å². The van der Waals surface area contributed by atoms with Gasteiger partial charge in [0.25, 0.3) is 0 Å². The molecule has 20 heavy (non-hydrogen) atoms. The Morgan fingerprint density at radius 3 is 2.45 bits per heavy atom. The molecule has 0 aliphatic heterocycles. The number of benzene rings is 1. The fourth-order valence-corrected chi connectivity index (χ4v) is 1.79. The minimum Gasteiger partial charge on any atom is -0.489 e. The first-order valence-corrected chi connectivity index (χ1v) is 6.81. The molecule has 0 radical (unpaired) electrons. The Labute approximate surface area is 119 Å². The van der Waals surface area contributed by atoms with Gasteiger partial charge in [-0.3, -0.25) is 4.98 Å². The third-order valence-electron chi connectivity index (χ3n) is 2.92. The van der Waals surface area contributed by atoms with Gasteiger partial charge in [-0.15, -0.1) is 0 Å².